The number of hydrogen-bond donors (Lipinski definition) is 0. The number of benzene rings is 3. The topological polar surface area (TPSA) is 54.5 Å². The minimum absolute atomic E-state index is 0.00115. The first-order valence-electron chi connectivity index (χ1n) is 9.10. The van der Waals surface area contributed by atoms with Crippen LogP contribution in [0.5, 0.6) is 0 Å². The van der Waals surface area contributed by atoms with E-state index in [4.69, 9.17) is 0 Å². The minimum atomic E-state index is -0.123. The molecule has 140 valence electrons. The lowest BCUT2D eigenvalue weighted by atomic mass is 10.1. The van der Waals surface area contributed by atoms with Gasteiger partial charge in [-0.05, 0) is 0 Å². The summed E-state index contributed by atoms with van der Waals surface area (Å²) < 4.78 is 0. The van der Waals surface area contributed by atoms with Crippen LogP contribution >= 0.6 is 0 Å². The van der Waals surface area contributed by atoms with Gasteiger partial charge in [-0.3, -0.25) is 19.3 Å². The molecular formula is C24H21NO3. The summed E-state index contributed by atoms with van der Waals surface area (Å²) in [5.74, 6) is -0.369. The molecule has 0 atom stereocenters. The van der Waals surface area contributed by atoms with Crippen LogP contribution in [-0.4, -0.2) is 41.9 Å². The predicted octanol–water partition coefficient (Wildman–Crippen LogP) is 3.94. The maximum absolute atomic E-state index is 12.6. The molecule has 0 saturated carbocycles. The Morgan fingerprint density at radius 2 is 0.714 bits per heavy atom. The first-order valence-corrected chi connectivity index (χ1v) is 9.10. The van der Waals surface area contributed by atoms with Crippen LogP contribution in [0.2, 0.25) is 0 Å². The summed E-state index contributed by atoms with van der Waals surface area (Å²) in [6.45, 7) is 0.00345. The van der Waals surface area contributed by atoms with E-state index < -0.39 is 0 Å². The van der Waals surface area contributed by atoms with Gasteiger partial charge >= 0.3 is 0 Å². The summed E-state index contributed by atoms with van der Waals surface area (Å²) in [6.07, 6.45) is 0. The lowest BCUT2D eigenvalue weighted by Crippen LogP contribution is -2.38. The Morgan fingerprint density at radius 3 is 0.964 bits per heavy atom. The van der Waals surface area contributed by atoms with Crippen molar-refractivity contribution in [2.45, 2.75) is 0 Å². The molecule has 0 heterocycles. The van der Waals surface area contributed by atoms with E-state index >= 15 is 0 Å². The number of carbonyl (C=O) groups is 3. The molecule has 28 heavy (non-hydrogen) atoms. The highest BCUT2D eigenvalue weighted by atomic mass is 16.1. The molecule has 0 unspecified atom stereocenters. The fourth-order valence-corrected chi connectivity index (χ4v) is 2.92. The van der Waals surface area contributed by atoms with Gasteiger partial charge in [0.05, 0.1) is 19.6 Å². The Kier molecular flexibility index (Phi) is 6.60. The maximum atomic E-state index is 12.6. The third-order valence-electron chi connectivity index (χ3n) is 4.39. The highest BCUT2D eigenvalue weighted by Crippen LogP contribution is 2.08. The molecule has 0 aromatic heterocycles. The number of rotatable bonds is 9. The normalized spacial score (nSPS) is 10.6. The van der Waals surface area contributed by atoms with Crippen LogP contribution < -0.4 is 0 Å². The quantitative estimate of drug-likeness (QED) is 0.535. The summed E-state index contributed by atoms with van der Waals surface area (Å²) in [7, 11) is 0. The molecular weight excluding hydrogens is 350 g/mol. The average molecular weight is 371 g/mol. The molecule has 0 spiro atoms. The average Bonchev–Trinajstić information content (AvgIpc) is 2.75. The van der Waals surface area contributed by atoms with E-state index in [1.54, 1.807) is 77.7 Å². The highest BCUT2D eigenvalue weighted by Gasteiger charge is 2.20. The first-order chi connectivity index (χ1) is 13.6. The second kappa shape index (κ2) is 9.53. The van der Waals surface area contributed by atoms with E-state index in [2.05, 4.69) is 0 Å². The maximum Gasteiger partial charge on any atom is 0.176 e. The Labute approximate surface area is 164 Å². The van der Waals surface area contributed by atoms with Crippen LogP contribution in [0.15, 0.2) is 91.0 Å². The summed E-state index contributed by atoms with van der Waals surface area (Å²) in [5, 5.41) is 0. The van der Waals surface area contributed by atoms with Gasteiger partial charge in [0.1, 0.15) is 0 Å². The Bertz CT molecular complexity index is 810. The standard InChI is InChI=1S/C24H21NO3/c26-22(19-10-4-1-5-11-19)16-25(17-23(27)20-12-6-2-7-13-20)18-24(28)21-14-8-3-9-15-21/h1-15H,16-18H2. The molecule has 3 rings (SSSR count). The van der Waals surface area contributed by atoms with Crippen LogP contribution in [0.25, 0.3) is 0 Å². The van der Waals surface area contributed by atoms with Gasteiger partial charge in [-0.15, -0.1) is 0 Å². The fraction of sp³-hybridized carbons (Fsp3) is 0.125. The van der Waals surface area contributed by atoms with Crippen molar-refractivity contribution in [1.82, 2.24) is 4.90 Å². The van der Waals surface area contributed by atoms with Gasteiger partial charge in [-0.25, -0.2) is 0 Å². The van der Waals surface area contributed by atoms with Gasteiger partial charge in [-0.2, -0.15) is 0 Å². The zero-order valence-corrected chi connectivity index (χ0v) is 15.5. The number of hydrogen-bond acceptors (Lipinski definition) is 4. The monoisotopic (exact) mass is 371 g/mol. The van der Waals surface area contributed by atoms with Gasteiger partial charge in [-0.1, -0.05) is 91.0 Å². The molecule has 0 aliphatic rings. The van der Waals surface area contributed by atoms with Crippen molar-refractivity contribution < 1.29 is 14.4 Å². The Morgan fingerprint density at radius 1 is 0.464 bits per heavy atom. The molecule has 3 aromatic carbocycles. The lowest BCUT2D eigenvalue weighted by molar-refractivity contribution is 0.0828. The molecule has 0 aliphatic heterocycles. The summed E-state index contributed by atoms with van der Waals surface area (Å²) >= 11 is 0. The predicted molar refractivity (Wildman–Crippen MR) is 109 cm³/mol. The number of nitrogens with zero attached hydrogens (tertiary/aromatic N) is 1. The van der Waals surface area contributed by atoms with Crippen LogP contribution in [0.1, 0.15) is 31.1 Å². The molecule has 0 N–H and O–H groups in total. The van der Waals surface area contributed by atoms with E-state index in [0.29, 0.717) is 16.7 Å². The van der Waals surface area contributed by atoms with Crippen molar-refractivity contribution in [3.05, 3.63) is 108 Å². The van der Waals surface area contributed by atoms with Gasteiger partial charge in [0, 0.05) is 16.7 Å². The number of carbonyl (C=O) groups excluding carboxylic acids is 3. The molecule has 3 aromatic rings. The summed E-state index contributed by atoms with van der Waals surface area (Å²) in [4.78, 5) is 39.5. The van der Waals surface area contributed by atoms with Crippen molar-refractivity contribution in [1.29, 1.82) is 0 Å². The molecule has 0 radical (unpaired) electrons. The largest absolute Gasteiger partial charge is 0.293 e. The van der Waals surface area contributed by atoms with Crippen molar-refractivity contribution >= 4 is 17.3 Å². The van der Waals surface area contributed by atoms with Crippen LogP contribution in [0, 0.1) is 0 Å². The molecule has 0 amide bonds. The van der Waals surface area contributed by atoms with Crippen LogP contribution in [0.3, 0.4) is 0 Å². The van der Waals surface area contributed by atoms with E-state index in [0.717, 1.165) is 0 Å². The van der Waals surface area contributed by atoms with E-state index in [1.807, 2.05) is 18.2 Å². The second-order valence-electron chi connectivity index (χ2n) is 6.51. The van der Waals surface area contributed by atoms with Gasteiger partial charge in [0.15, 0.2) is 17.3 Å². The van der Waals surface area contributed by atoms with Crippen molar-refractivity contribution in [2.75, 3.05) is 19.6 Å². The Balaban J connectivity index is 1.76. The summed E-state index contributed by atoms with van der Waals surface area (Å²) in [6, 6.07) is 26.7. The van der Waals surface area contributed by atoms with Crippen LogP contribution in [-0.2, 0) is 0 Å². The van der Waals surface area contributed by atoms with Crippen molar-refractivity contribution in [3.8, 4) is 0 Å². The zero-order valence-electron chi connectivity index (χ0n) is 15.5. The fourth-order valence-electron chi connectivity index (χ4n) is 2.92. The molecule has 0 bridgehead atoms. The van der Waals surface area contributed by atoms with E-state index in [1.165, 1.54) is 0 Å². The van der Waals surface area contributed by atoms with Gasteiger partial charge < -0.3 is 0 Å². The molecule has 0 fully saturated rings. The lowest BCUT2D eigenvalue weighted by Gasteiger charge is -2.20. The van der Waals surface area contributed by atoms with Crippen molar-refractivity contribution in [2.24, 2.45) is 0 Å². The zero-order chi connectivity index (χ0) is 19.8. The third kappa shape index (κ3) is 5.32. The third-order valence-corrected chi connectivity index (χ3v) is 4.39. The molecule has 0 saturated heterocycles. The second-order valence-corrected chi connectivity index (χ2v) is 6.51. The molecule has 4 heteroatoms. The van der Waals surface area contributed by atoms with E-state index in [-0.39, 0.29) is 37.0 Å². The SMILES string of the molecule is O=C(CN(CC(=O)c1ccccc1)CC(=O)c1ccccc1)c1ccccc1. The van der Waals surface area contributed by atoms with E-state index in [9.17, 15) is 14.4 Å². The Hall–Kier alpha value is -3.37. The molecule has 4 nitrogen and oxygen atoms in total. The van der Waals surface area contributed by atoms with Gasteiger partial charge in [0.2, 0.25) is 0 Å². The summed E-state index contributed by atoms with van der Waals surface area (Å²) in [5.41, 5.74) is 1.69. The number of ketones is 3. The van der Waals surface area contributed by atoms with Gasteiger partial charge in [0.25, 0.3) is 0 Å². The number of Topliss-reactive ketones (excluding diaryl/α,β-unsaturated/α-hetero) is 3. The first kappa shape index (κ1) is 19.4. The smallest absolute Gasteiger partial charge is 0.176 e. The molecule has 0 aliphatic carbocycles. The van der Waals surface area contributed by atoms with Crippen molar-refractivity contribution in [3.63, 3.8) is 0 Å². The minimum Gasteiger partial charge on any atom is -0.293 e. The van der Waals surface area contributed by atoms with Crippen LogP contribution in [0.4, 0.5) is 0 Å². The highest BCUT2D eigenvalue weighted by molar-refractivity contribution is 6.02.